The van der Waals surface area contributed by atoms with Crippen molar-refractivity contribution in [2.24, 2.45) is 0 Å². The summed E-state index contributed by atoms with van der Waals surface area (Å²) < 4.78 is 16.3. The fourth-order valence-corrected chi connectivity index (χ4v) is 2.35. The first-order valence-corrected chi connectivity index (χ1v) is 6.66. The lowest BCUT2D eigenvalue weighted by Gasteiger charge is -2.15. The van der Waals surface area contributed by atoms with E-state index in [-0.39, 0.29) is 5.97 Å². The van der Waals surface area contributed by atoms with Crippen LogP contribution >= 0.6 is 0 Å². The van der Waals surface area contributed by atoms with Gasteiger partial charge in [-0.2, -0.15) is 0 Å². The van der Waals surface area contributed by atoms with Crippen molar-refractivity contribution in [3.8, 4) is 0 Å². The molecule has 1 aliphatic heterocycles. The number of methoxy groups -OCH3 is 1. The topological polar surface area (TPSA) is 60.5 Å². The van der Waals surface area contributed by atoms with Crippen LogP contribution < -0.4 is 5.59 Å². The van der Waals surface area contributed by atoms with E-state index in [1.54, 1.807) is 12.1 Å². The van der Waals surface area contributed by atoms with E-state index in [1.807, 2.05) is 26.0 Å². The molecule has 108 valence electrons. The van der Waals surface area contributed by atoms with Crippen LogP contribution in [0.2, 0.25) is 0 Å². The number of ether oxygens (including phenoxy) is 1. The Morgan fingerprint density at radius 3 is 2.81 bits per heavy atom. The molecule has 0 bridgehead atoms. The number of hydrogen-bond acceptors (Lipinski definition) is 4. The number of hydrogen-bond donors (Lipinski definition) is 1. The second kappa shape index (κ2) is 4.67. The maximum Gasteiger partial charge on any atom is 0.580 e. The number of carbonyl (C=O) groups excluding carboxylic acids is 1. The molecule has 2 aromatic rings. The van der Waals surface area contributed by atoms with Crippen molar-refractivity contribution in [2.45, 2.75) is 19.4 Å². The predicted molar refractivity (Wildman–Crippen MR) is 80.4 cm³/mol. The van der Waals surface area contributed by atoms with Crippen LogP contribution in [0.25, 0.3) is 10.9 Å². The second-order valence-corrected chi connectivity index (χ2v) is 5.48. The zero-order valence-electron chi connectivity index (χ0n) is 12.2. The van der Waals surface area contributed by atoms with Gasteiger partial charge in [0.05, 0.1) is 24.0 Å². The summed E-state index contributed by atoms with van der Waals surface area (Å²) in [7, 11) is 0.815. The van der Waals surface area contributed by atoms with Crippen molar-refractivity contribution in [2.75, 3.05) is 7.11 Å². The molecule has 1 aliphatic rings. The van der Waals surface area contributed by atoms with Gasteiger partial charge in [-0.25, -0.2) is 4.79 Å². The smallest absolute Gasteiger partial charge is 0.533 e. The summed E-state index contributed by atoms with van der Waals surface area (Å²) in [6.07, 6.45) is 0. The minimum absolute atomic E-state index is 0.371. The largest absolute Gasteiger partial charge is 0.580 e. The lowest BCUT2D eigenvalue weighted by atomic mass is 9.85. The van der Waals surface area contributed by atoms with Crippen molar-refractivity contribution < 1.29 is 18.8 Å². The number of H-pyrrole nitrogens is 1. The van der Waals surface area contributed by atoms with Gasteiger partial charge in [-0.15, -0.1) is 0 Å². The predicted octanol–water partition coefficient (Wildman–Crippen LogP) is 1.99. The average molecular weight is 285 g/mol. The summed E-state index contributed by atoms with van der Waals surface area (Å²) in [6.45, 7) is 7.66. The molecule has 3 rings (SSSR count). The van der Waals surface area contributed by atoms with Crippen molar-refractivity contribution in [1.82, 2.24) is 4.98 Å². The number of fused-ring (bicyclic) bond motifs is 1. The van der Waals surface area contributed by atoms with Gasteiger partial charge in [-0.3, -0.25) is 0 Å². The minimum Gasteiger partial charge on any atom is -0.533 e. The van der Waals surface area contributed by atoms with E-state index < -0.39 is 12.7 Å². The Morgan fingerprint density at radius 1 is 1.43 bits per heavy atom. The number of benzene rings is 1. The monoisotopic (exact) mass is 285 g/mol. The van der Waals surface area contributed by atoms with E-state index in [4.69, 9.17) is 14.0 Å². The highest BCUT2D eigenvalue weighted by Gasteiger charge is 2.43. The van der Waals surface area contributed by atoms with Crippen molar-refractivity contribution in [3.63, 3.8) is 0 Å². The minimum atomic E-state index is -0.551. The van der Waals surface area contributed by atoms with Crippen molar-refractivity contribution in [3.05, 3.63) is 42.2 Å². The molecule has 6 heteroatoms. The van der Waals surface area contributed by atoms with Crippen LogP contribution in [0, 0.1) is 0 Å². The summed E-state index contributed by atoms with van der Waals surface area (Å²) >= 11 is 0. The molecule has 1 aromatic carbocycles. The molecular weight excluding hydrogens is 269 g/mol. The van der Waals surface area contributed by atoms with Gasteiger partial charge in [0.1, 0.15) is 5.60 Å². The van der Waals surface area contributed by atoms with E-state index in [9.17, 15) is 4.79 Å². The number of carbonyl (C=O) groups is 1. The van der Waals surface area contributed by atoms with Crippen LogP contribution in [0.1, 0.15) is 24.2 Å². The fraction of sp³-hybridized carbons (Fsp3) is 0.267. The molecule has 0 amide bonds. The molecule has 0 unspecified atom stereocenters. The summed E-state index contributed by atoms with van der Waals surface area (Å²) in [5, 5.41) is 0.780. The Morgan fingerprint density at radius 2 is 2.19 bits per heavy atom. The summed E-state index contributed by atoms with van der Waals surface area (Å²) in [6, 6.07) is 7.26. The van der Waals surface area contributed by atoms with E-state index in [0.29, 0.717) is 11.3 Å². The van der Waals surface area contributed by atoms with Gasteiger partial charge in [0.25, 0.3) is 0 Å². The zero-order chi connectivity index (χ0) is 15.2. The Labute approximate surface area is 123 Å². The summed E-state index contributed by atoms with van der Waals surface area (Å²) in [5.41, 5.74) is 1.55. The van der Waals surface area contributed by atoms with Crippen LogP contribution in [0.3, 0.4) is 0 Å². The standard InChI is InChI=1S/C15H16BNO4/c1-9-15(2,3)21-16(20-9)13-8-11-10(14(18)19-4)6-5-7-12(11)17-13/h5-8,17H,1H2,2-4H3. The molecule has 1 aromatic heterocycles. The molecule has 21 heavy (non-hydrogen) atoms. The normalized spacial score (nSPS) is 17.1. The third-order valence-electron chi connectivity index (χ3n) is 3.67. The molecule has 0 saturated carbocycles. The highest BCUT2D eigenvalue weighted by atomic mass is 16.7. The molecule has 0 radical (unpaired) electrons. The lowest BCUT2D eigenvalue weighted by molar-refractivity contribution is 0.0603. The first kappa shape index (κ1) is 13.8. The third-order valence-corrected chi connectivity index (χ3v) is 3.67. The van der Waals surface area contributed by atoms with E-state index >= 15 is 0 Å². The highest BCUT2D eigenvalue weighted by molar-refractivity contribution is 6.62. The van der Waals surface area contributed by atoms with Gasteiger partial charge < -0.3 is 19.0 Å². The van der Waals surface area contributed by atoms with Gasteiger partial charge in [0, 0.05) is 10.9 Å². The van der Waals surface area contributed by atoms with Crippen molar-refractivity contribution >= 4 is 29.6 Å². The maximum absolute atomic E-state index is 11.8. The number of aromatic nitrogens is 1. The quantitative estimate of drug-likeness (QED) is 0.677. The van der Waals surface area contributed by atoms with Crippen LogP contribution in [-0.4, -0.2) is 30.8 Å². The van der Waals surface area contributed by atoms with Crippen molar-refractivity contribution in [1.29, 1.82) is 0 Å². The Balaban J connectivity index is 2.03. The number of nitrogens with one attached hydrogen (secondary N) is 1. The van der Waals surface area contributed by atoms with Crippen LogP contribution in [0.5, 0.6) is 0 Å². The van der Waals surface area contributed by atoms with Gasteiger partial charge in [0.2, 0.25) is 0 Å². The van der Waals surface area contributed by atoms with Crippen LogP contribution in [0.4, 0.5) is 0 Å². The third kappa shape index (κ3) is 2.21. The highest BCUT2D eigenvalue weighted by Crippen LogP contribution is 2.29. The molecule has 1 N–H and O–H groups in total. The van der Waals surface area contributed by atoms with E-state index in [2.05, 4.69) is 11.6 Å². The fourth-order valence-electron chi connectivity index (χ4n) is 2.35. The molecule has 0 atom stereocenters. The molecule has 2 heterocycles. The van der Waals surface area contributed by atoms with Crippen LogP contribution in [-0.2, 0) is 14.0 Å². The lowest BCUT2D eigenvalue weighted by Crippen LogP contribution is -2.35. The second-order valence-electron chi connectivity index (χ2n) is 5.48. The Bertz CT molecular complexity index is 734. The molecular formula is C15H16BNO4. The SMILES string of the molecule is C=C1OB(c2cc3c(C(=O)OC)cccc3[nH]2)OC1(C)C. The average Bonchev–Trinajstić information content (AvgIpc) is 2.99. The molecule has 1 fully saturated rings. The molecule has 0 spiro atoms. The summed E-state index contributed by atoms with van der Waals surface area (Å²) in [5.74, 6) is 0.212. The molecule has 5 nitrogen and oxygen atoms in total. The van der Waals surface area contributed by atoms with Gasteiger partial charge in [-0.1, -0.05) is 12.6 Å². The maximum atomic E-state index is 11.8. The van der Waals surface area contributed by atoms with E-state index in [1.165, 1.54) is 7.11 Å². The number of rotatable bonds is 2. The Hall–Kier alpha value is -2.21. The molecule has 0 aliphatic carbocycles. The van der Waals surface area contributed by atoms with Gasteiger partial charge >= 0.3 is 13.1 Å². The number of esters is 1. The van der Waals surface area contributed by atoms with E-state index in [0.717, 1.165) is 16.5 Å². The van der Waals surface area contributed by atoms with Gasteiger partial charge in [-0.05, 0) is 32.0 Å². The first-order chi connectivity index (χ1) is 9.92. The first-order valence-electron chi connectivity index (χ1n) is 6.66. The van der Waals surface area contributed by atoms with Crippen LogP contribution in [0.15, 0.2) is 36.6 Å². The summed E-state index contributed by atoms with van der Waals surface area (Å²) in [4.78, 5) is 15.0. The van der Waals surface area contributed by atoms with Gasteiger partial charge in [0.15, 0.2) is 0 Å². The zero-order valence-corrected chi connectivity index (χ0v) is 12.2. The Kier molecular flexibility index (Phi) is 3.06. The molecule has 1 saturated heterocycles. The number of aromatic amines is 1.